The third kappa shape index (κ3) is 2.18. The molecule has 0 unspecified atom stereocenters. The fourth-order valence-electron chi connectivity index (χ4n) is 3.23. The second kappa shape index (κ2) is 5.17. The maximum Gasteiger partial charge on any atom is 0.210 e. The molecule has 0 spiro atoms. The van der Waals surface area contributed by atoms with E-state index in [-0.39, 0.29) is 0 Å². The molecule has 1 atom stereocenters. The van der Waals surface area contributed by atoms with Crippen molar-refractivity contribution in [1.82, 2.24) is 0 Å². The number of benzene rings is 3. The highest BCUT2D eigenvalue weighted by Crippen LogP contribution is 2.50. The molecule has 0 bridgehead atoms. The summed E-state index contributed by atoms with van der Waals surface area (Å²) in [5.74, 6) is 0.916. The Bertz CT molecular complexity index is 826. The highest BCUT2D eigenvalue weighted by molar-refractivity contribution is 5.74. The van der Waals surface area contributed by atoms with E-state index in [1.165, 1.54) is 5.56 Å². The van der Waals surface area contributed by atoms with Crippen LogP contribution in [0.1, 0.15) is 18.1 Å². The average Bonchev–Trinajstić information content (AvgIpc) is 2.89. The number of anilines is 2. The second-order valence-electron chi connectivity index (χ2n) is 6.09. The molecule has 114 valence electrons. The molecular weight excluding hydrogens is 282 g/mol. The predicted molar refractivity (Wildman–Crippen MR) is 94.2 cm³/mol. The number of para-hydroxylation sites is 3. The summed E-state index contributed by atoms with van der Waals surface area (Å²) in [7, 11) is 0. The van der Waals surface area contributed by atoms with E-state index in [9.17, 15) is 0 Å². The molecule has 4 rings (SSSR count). The smallest absolute Gasteiger partial charge is 0.210 e. The van der Waals surface area contributed by atoms with Crippen molar-refractivity contribution in [3.05, 3.63) is 90.0 Å². The van der Waals surface area contributed by atoms with Gasteiger partial charge in [0.2, 0.25) is 5.72 Å². The van der Waals surface area contributed by atoms with Crippen LogP contribution >= 0.6 is 0 Å². The van der Waals surface area contributed by atoms with Crippen molar-refractivity contribution in [3.63, 3.8) is 0 Å². The van der Waals surface area contributed by atoms with Gasteiger partial charge in [0.15, 0.2) is 0 Å². The van der Waals surface area contributed by atoms with Crippen LogP contribution in [0.5, 0.6) is 5.75 Å². The molecule has 0 aromatic heterocycles. The summed E-state index contributed by atoms with van der Waals surface area (Å²) in [6, 6.07) is 27.2. The summed E-state index contributed by atoms with van der Waals surface area (Å²) in [6.45, 7) is 4.23. The molecule has 3 aromatic carbocycles. The third-order valence-corrected chi connectivity index (χ3v) is 4.44. The SMILES string of the molecule is Cc1ccc([C@@]2(C)Oc3ccccc3N2c2ccccc2)cc1. The number of fused-ring (bicyclic) bond motifs is 1. The molecule has 23 heavy (non-hydrogen) atoms. The zero-order valence-electron chi connectivity index (χ0n) is 13.4. The first-order valence-corrected chi connectivity index (χ1v) is 7.89. The molecule has 0 saturated carbocycles. The Balaban J connectivity index is 1.91. The summed E-state index contributed by atoms with van der Waals surface area (Å²) in [5, 5.41) is 0. The normalized spacial score (nSPS) is 19.3. The molecule has 0 fully saturated rings. The van der Waals surface area contributed by atoms with Gasteiger partial charge in [-0.3, -0.25) is 4.90 Å². The molecule has 0 radical (unpaired) electrons. The highest BCUT2D eigenvalue weighted by Gasteiger charge is 2.44. The third-order valence-electron chi connectivity index (χ3n) is 4.44. The summed E-state index contributed by atoms with van der Waals surface area (Å²) in [6.07, 6.45) is 0. The molecule has 0 N–H and O–H groups in total. The maximum absolute atomic E-state index is 6.41. The van der Waals surface area contributed by atoms with E-state index in [1.807, 2.05) is 18.2 Å². The standard InChI is InChI=1S/C21H19NO/c1-16-12-14-17(15-13-16)21(2)22(18-8-4-3-5-9-18)19-10-6-7-11-20(19)23-21/h3-15H,1-2H3/t21-/m1/s1. The van der Waals surface area contributed by atoms with Crippen LogP contribution in [0.4, 0.5) is 11.4 Å². The number of ether oxygens (including phenoxy) is 1. The van der Waals surface area contributed by atoms with Gasteiger partial charge in [0.1, 0.15) is 5.75 Å². The quantitative estimate of drug-likeness (QED) is 0.628. The Kier molecular flexibility index (Phi) is 3.12. The molecular formula is C21H19NO. The van der Waals surface area contributed by atoms with Crippen molar-refractivity contribution in [2.45, 2.75) is 19.6 Å². The Labute approximate surface area is 137 Å². The van der Waals surface area contributed by atoms with Crippen LogP contribution in [0.2, 0.25) is 0 Å². The van der Waals surface area contributed by atoms with Crippen LogP contribution in [0.3, 0.4) is 0 Å². The molecule has 3 aromatic rings. The van der Waals surface area contributed by atoms with Gasteiger partial charge >= 0.3 is 0 Å². The number of rotatable bonds is 2. The van der Waals surface area contributed by atoms with E-state index < -0.39 is 5.72 Å². The Hall–Kier alpha value is -2.74. The van der Waals surface area contributed by atoms with E-state index in [1.54, 1.807) is 0 Å². The van der Waals surface area contributed by atoms with Crippen LogP contribution in [0.15, 0.2) is 78.9 Å². The minimum Gasteiger partial charge on any atom is -0.461 e. The van der Waals surface area contributed by atoms with Gasteiger partial charge in [-0.2, -0.15) is 0 Å². The number of hydrogen-bond acceptors (Lipinski definition) is 2. The van der Waals surface area contributed by atoms with Crippen molar-refractivity contribution >= 4 is 11.4 Å². The number of aryl methyl sites for hydroxylation is 1. The zero-order chi connectivity index (χ0) is 15.9. The van der Waals surface area contributed by atoms with Crippen molar-refractivity contribution in [2.24, 2.45) is 0 Å². The summed E-state index contributed by atoms with van der Waals surface area (Å²) < 4.78 is 6.41. The number of nitrogens with zero attached hydrogens (tertiary/aromatic N) is 1. The average molecular weight is 301 g/mol. The van der Waals surface area contributed by atoms with Gasteiger partial charge in [0.05, 0.1) is 5.69 Å². The maximum atomic E-state index is 6.41. The summed E-state index contributed by atoms with van der Waals surface area (Å²) in [4.78, 5) is 2.27. The van der Waals surface area contributed by atoms with Gasteiger partial charge in [0, 0.05) is 11.3 Å². The van der Waals surface area contributed by atoms with Crippen LogP contribution in [0, 0.1) is 6.92 Å². The molecule has 0 aliphatic carbocycles. The van der Waals surface area contributed by atoms with Gasteiger partial charge < -0.3 is 4.74 Å². The molecule has 0 amide bonds. The first kappa shape index (κ1) is 13.9. The lowest BCUT2D eigenvalue weighted by Gasteiger charge is -2.35. The van der Waals surface area contributed by atoms with Crippen LogP contribution in [0.25, 0.3) is 0 Å². The van der Waals surface area contributed by atoms with E-state index in [0.717, 1.165) is 22.7 Å². The lowest BCUT2D eigenvalue weighted by Crippen LogP contribution is -2.41. The largest absolute Gasteiger partial charge is 0.461 e. The summed E-state index contributed by atoms with van der Waals surface area (Å²) >= 11 is 0. The van der Waals surface area contributed by atoms with E-state index >= 15 is 0 Å². The minimum absolute atomic E-state index is 0.557. The van der Waals surface area contributed by atoms with E-state index in [0.29, 0.717) is 0 Å². The fraction of sp³-hybridized carbons (Fsp3) is 0.143. The Morgan fingerprint density at radius 1 is 0.783 bits per heavy atom. The lowest BCUT2D eigenvalue weighted by atomic mass is 10.0. The van der Waals surface area contributed by atoms with Gasteiger partial charge in [0.25, 0.3) is 0 Å². The van der Waals surface area contributed by atoms with Gasteiger partial charge in [-0.05, 0) is 38.1 Å². The first-order valence-electron chi connectivity index (χ1n) is 7.89. The molecule has 1 aliphatic heterocycles. The molecule has 1 aliphatic rings. The topological polar surface area (TPSA) is 12.5 Å². The van der Waals surface area contributed by atoms with Gasteiger partial charge in [-0.1, -0.05) is 60.2 Å². The highest BCUT2D eigenvalue weighted by atomic mass is 16.5. The minimum atomic E-state index is -0.557. The summed E-state index contributed by atoms with van der Waals surface area (Å²) in [5.41, 5.74) is 4.06. The Morgan fingerprint density at radius 3 is 2.17 bits per heavy atom. The van der Waals surface area contributed by atoms with E-state index in [4.69, 9.17) is 4.74 Å². The van der Waals surface area contributed by atoms with Crippen molar-refractivity contribution in [3.8, 4) is 5.75 Å². The van der Waals surface area contributed by atoms with Crippen LogP contribution in [-0.2, 0) is 5.72 Å². The second-order valence-corrected chi connectivity index (χ2v) is 6.09. The van der Waals surface area contributed by atoms with Crippen LogP contribution < -0.4 is 9.64 Å². The van der Waals surface area contributed by atoms with Crippen molar-refractivity contribution in [2.75, 3.05) is 4.90 Å². The molecule has 0 saturated heterocycles. The Morgan fingerprint density at radius 2 is 1.43 bits per heavy atom. The van der Waals surface area contributed by atoms with Gasteiger partial charge in [-0.15, -0.1) is 0 Å². The molecule has 2 heteroatoms. The first-order chi connectivity index (χ1) is 11.2. The number of hydrogen-bond donors (Lipinski definition) is 0. The van der Waals surface area contributed by atoms with Crippen LogP contribution in [-0.4, -0.2) is 0 Å². The van der Waals surface area contributed by atoms with Crippen molar-refractivity contribution < 1.29 is 4.74 Å². The van der Waals surface area contributed by atoms with E-state index in [2.05, 4.69) is 79.4 Å². The predicted octanol–water partition coefficient (Wildman–Crippen LogP) is 5.40. The zero-order valence-corrected chi connectivity index (χ0v) is 13.4. The molecule has 1 heterocycles. The monoisotopic (exact) mass is 301 g/mol. The lowest BCUT2D eigenvalue weighted by molar-refractivity contribution is 0.119. The molecule has 2 nitrogen and oxygen atoms in total. The van der Waals surface area contributed by atoms with Crippen molar-refractivity contribution in [1.29, 1.82) is 0 Å². The fourth-order valence-corrected chi connectivity index (χ4v) is 3.23. The van der Waals surface area contributed by atoms with Gasteiger partial charge in [-0.25, -0.2) is 0 Å².